The molecule has 0 aromatic carbocycles. The van der Waals surface area contributed by atoms with Crippen LogP contribution in [0.4, 0.5) is 0 Å². The Morgan fingerprint density at radius 1 is 1.50 bits per heavy atom. The van der Waals surface area contributed by atoms with Crippen LogP contribution in [-0.4, -0.2) is 11.5 Å². The molecule has 0 saturated carbocycles. The van der Waals surface area contributed by atoms with Gasteiger partial charge in [0.15, 0.2) is 0 Å². The second-order valence-corrected chi connectivity index (χ2v) is 3.24. The van der Waals surface area contributed by atoms with Crippen molar-refractivity contribution in [2.45, 2.75) is 33.1 Å². The summed E-state index contributed by atoms with van der Waals surface area (Å²) in [5, 5.41) is 0. The van der Waals surface area contributed by atoms with Gasteiger partial charge >= 0.3 is 0 Å². The molecule has 0 atom stereocenters. The summed E-state index contributed by atoms with van der Waals surface area (Å²) in [5.41, 5.74) is 0.161. The molecule has 1 aromatic rings. The first-order valence-electron chi connectivity index (χ1n) is 4.94. The number of hydrogen-bond acceptors (Lipinski definition) is 3. The molecule has 1 aromatic heterocycles. The van der Waals surface area contributed by atoms with E-state index in [4.69, 9.17) is 4.42 Å². The van der Waals surface area contributed by atoms with Crippen LogP contribution >= 0.6 is 0 Å². The van der Waals surface area contributed by atoms with Gasteiger partial charge in [-0.3, -0.25) is 9.78 Å². The Kier molecular flexibility index (Phi) is 4.16. The molecular formula is C10H16N2O2. The highest BCUT2D eigenvalue weighted by Crippen LogP contribution is 1.92. The van der Waals surface area contributed by atoms with Gasteiger partial charge in [0.25, 0.3) is 11.2 Å². The minimum atomic E-state index is -0.164. The molecule has 0 aliphatic heterocycles. The van der Waals surface area contributed by atoms with Crippen molar-refractivity contribution < 1.29 is 4.42 Å². The minimum absolute atomic E-state index is 0.164. The average Bonchev–Trinajstić information content (AvgIpc) is 2.11. The molecule has 0 saturated heterocycles. The quantitative estimate of drug-likeness (QED) is 0.739. The van der Waals surface area contributed by atoms with E-state index in [9.17, 15) is 4.79 Å². The maximum atomic E-state index is 11.0. The van der Waals surface area contributed by atoms with Gasteiger partial charge in [0, 0.05) is 12.6 Å². The lowest BCUT2D eigenvalue weighted by Crippen LogP contribution is -2.19. The molecule has 0 amide bonds. The van der Waals surface area contributed by atoms with Gasteiger partial charge in [-0.25, -0.2) is 4.99 Å². The normalized spacial score (nSPS) is 12.0. The highest BCUT2D eigenvalue weighted by atomic mass is 16.3. The molecule has 0 fully saturated rings. The summed E-state index contributed by atoms with van der Waals surface area (Å²) in [6.07, 6.45) is 3.35. The number of nitrogens with zero attached hydrogens (tertiary/aromatic N) is 1. The minimum Gasteiger partial charge on any atom is -0.430 e. The zero-order chi connectivity index (χ0) is 10.4. The molecule has 0 spiro atoms. The van der Waals surface area contributed by atoms with Crippen LogP contribution in [0.5, 0.6) is 0 Å². The SMILES string of the molecule is CCCCCN=c1[nH]c(=O)cc(C)o1. The first-order valence-corrected chi connectivity index (χ1v) is 4.94. The summed E-state index contributed by atoms with van der Waals surface area (Å²) >= 11 is 0. The summed E-state index contributed by atoms with van der Waals surface area (Å²) in [7, 11) is 0. The van der Waals surface area contributed by atoms with Crippen LogP contribution < -0.4 is 11.2 Å². The maximum Gasteiger partial charge on any atom is 0.296 e. The van der Waals surface area contributed by atoms with E-state index in [0.29, 0.717) is 18.0 Å². The summed E-state index contributed by atoms with van der Waals surface area (Å²) in [6, 6.07) is 1.41. The van der Waals surface area contributed by atoms with E-state index in [1.54, 1.807) is 6.92 Å². The Hall–Kier alpha value is -1.32. The Bertz CT molecular complexity index is 390. The van der Waals surface area contributed by atoms with Gasteiger partial charge in [-0.15, -0.1) is 0 Å². The molecule has 14 heavy (non-hydrogen) atoms. The highest BCUT2D eigenvalue weighted by molar-refractivity contribution is 4.89. The third-order valence-electron chi connectivity index (χ3n) is 1.84. The zero-order valence-corrected chi connectivity index (χ0v) is 8.67. The van der Waals surface area contributed by atoms with Crippen LogP contribution in [0.2, 0.25) is 0 Å². The van der Waals surface area contributed by atoms with E-state index < -0.39 is 0 Å². The Labute approximate surface area is 82.7 Å². The molecule has 0 bridgehead atoms. The lowest BCUT2D eigenvalue weighted by Gasteiger charge is -1.93. The third-order valence-corrected chi connectivity index (χ3v) is 1.84. The summed E-state index contributed by atoms with van der Waals surface area (Å²) < 4.78 is 5.22. The van der Waals surface area contributed by atoms with Gasteiger partial charge in [-0.05, 0) is 13.3 Å². The Morgan fingerprint density at radius 2 is 2.29 bits per heavy atom. The molecule has 1 heterocycles. The molecule has 78 valence electrons. The first kappa shape index (κ1) is 10.8. The summed E-state index contributed by atoms with van der Waals surface area (Å²) in [5.74, 6) is 0.586. The molecule has 1 rings (SSSR count). The fraction of sp³-hybridized carbons (Fsp3) is 0.600. The molecule has 4 heteroatoms. The second kappa shape index (κ2) is 5.42. The maximum absolute atomic E-state index is 11.0. The van der Waals surface area contributed by atoms with Crippen LogP contribution in [0.1, 0.15) is 31.9 Å². The molecule has 0 aliphatic rings. The number of unbranched alkanes of at least 4 members (excludes halogenated alkanes) is 2. The van der Waals surface area contributed by atoms with E-state index in [0.717, 1.165) is 19.3 Å². The monoisotopic (exact) mass is 196 g/mol. The fourth-order valence-corrected chi connectivity index (χ4v) is 1.15. The molecule has 1 N–H and O–H groups in total. The number of rotatable bonds is 4. The van der Waals surface area contributed by atoms with Crippen molar-refractivity contribution in [2.75, 3.05) is 6.54 Å². The summed E-state index contributed by atoms with van der Waals surface area (Å²) in [4.78, 5) is 17.7. The van der Waals surface area contributed by atoms with E-state index in [2.05, 4.69) is 16.9 Å². The predicted molar refractivity (Wildman–Crippen MR) is 54.0 cm³/mol. The van der Waals surface area contributed by atoms with Crippen molar-refractivity contribution in [3.63, 3.8) is 0 Å². The first-order chi connectivity index (χ1) is 6.72. The van der Waals surface area contributed by atoms with Gasteiger partial charge in [0.2, 0.25) is 0 Å². The largest absolute Gasteiger partial charge is 0.430 e. The average molecular weight is 196 g/mol. The van der Waals surface area contributed by atoms with Crippen molar-refractivity contribution >= 4 is 0 Å². The van der Waals surface area contributed by atoms with Gasteiger partial charge in [-0.2, -0.15) is 0 Å². The molecule has 0 aliphatic carbocycles. The van der Waals surface area contributed by atoms with Crippen LogP contribution in [0.25, 0.3) is 0 Å². The number of H-pyrrole nitrogens is 1. The lowest BCUT2D eigenvalue weighted by molar-refractivity contribution is 0.429. The van der Waals surface area contributed by atoms with Crippen molar-refractivity contribution in [3.8, 4) is 0 Å². The lowest BCUT2D eigenvalue weighted by atomic mass is 10.2. The summed E-state index contributed by atoms with van der Waals surface area (Å²) in [6.45, 7) is 4.58. The van der Waals surface area contributed by atoms with Crippen molar-refractivity contribution in [2.24, 2.45) is 4.99 Å². The van der Waals surface area contributed by atoms with Gasteiger partial charge in [-0.1, -0.05) is 19.8 Å². The number of hydrogen-bond donors (Lipinski definition) is 1. The third kappa shape index (κ3) is 3.60. The molecule has 0 unspecified atom stereocenters. The number of aromatic amines is 1. The Morgan fingerprint density at radius 3 is 2.93 bits per heavy atom. The van der Waals surface area contributed by atoms with Crippen molar-refractivity contribution in [1.82, 2.24) is 4.98 Å². The van der Waals surface area contributed by atoms with Crippen molar-refractivity contribution in [1.29, 1.82) is 0 Å². The van der Waals surface area contributed by atoms with Crippen molar-refractivity contribution in [3.05, 3.63) is 27.9 Å². The van der Waals surface area contributed by atoms with E-state index in [1.807, 2.05) is 0 Å². The fourth-order valence-electron chi connectivity index (χ4n) is 1.15. The second-order valence-electron chi connectivity index (χ2n) is 3.24. The van der Waals surface area contributed by atoms with Gasteiger partial charge in [0.05, 0.1) is 0 Å². The molecule has 0 radical (unpaired) electrons. The van der Waals surface area contributed by atoms with Crippen LogP contribution in [0.15, 0.2) is 20.3 Å². The van der Waals surface area contributed by atoms with Gasteiger partial charge in [0.1, 0.15) is 5.76 Å². The number of nitrogens with one attached hydrogen (secondary N) is 1. The molecule has 4 nitrogen and oxygen atoms in total. The van der Waals surface area contributed by atoms with Crippen LogP contribution in [0, 0.1) is 6.92 Å². The molecular weight excluding hydrogens is 180 g/mol. The van der Waals surface area contributed by atoms with Crippen LogP contribution in [-0.2, 0) is 0 Å². The Balaban J connectivity index is 2.70. The smallest absolute Gasteiger partial charge is 0.296 e. The zero-order valence-electron chi connectivity index (χ0n) is 8.67. The number of aromatic nitrogens is 1. The topological polar surface area (TPSA) is 58.4 Å². The van der Waals surface area contributed by atoms with Gasteiger partial charge < -0.3 is 4.42 Å². The van der Waals surface area contributed by atoms with Crippen LogP contribution in [0.3, 0.4) is 0 Å². The number of aryl methyl sites for hydroxylation is 1. The standard InChI is InChI=1S/C10H16N2O2/c1-3-4-5-6-11-10-12-9(13)7-8(2)14-10/h7H,3-6H2,1-2H3,(H,11,12,13). The van der Waals surface area contributed by atoms with E-state index in [1.165, 1.54) is 6.07 Å². The highest BCUT2D eigenvalue weighted by Gasteiger charge is 1.91. The van der Waals surface area contributed by atoms with E-state index >= 15 is 0 Å². The van der Waals surface area contributed by atoms with E-state index in [-0.39, 0.29) is 5.56 Å². The predicted octanol–water partition coefficient (Wildman–Crippen LogP) is 1.37.